The normalized spacial score (nSPS) is 10.4. The lowest BCUT2D eigenvalue weighted by Gasteiger charge is -2.06. The van der Waals surface area contributed by atoms with Gasteiger partial charge in [-0.05, 0) is 35.7 Å². The molecule has 0 amide bonds. The Bertz CT molecular complexity index is 576. The molecule has 0 saturated heterocycles. The Morgan fingerprint density at radius 2 is 1.81 bits per heavy atom. The summed E-state index contributed by atoms with van der Waals surface area (Å²) in [4.78, 5) is 16.1. The summed E-state index contributed by atoms with van der Waals surface area (Å²) in [7, 11) is 1.65. The molecule has 2 rings (SSSR count). The molecule has 0 atom stereocenters. The molecule has 0 unspecified atom stereocenters. The molecular formula is C17H19NO3. The van der Waals surface area contributed by atoms with Crippen molar-refractivity contribution in [2.45, 2.75) is 20.0 Å². The van der Waals surface area contributed by atoms with E-state index in [-0.39, 0.29) is 12.4 Å². The van der Waals surface area contributed by atoms with Crippen molar-refractivity contribution < 1.29 is 14.3 Å². The second-order valence-corrected chi connectivity index (χ2v) is 4.69. The summed E-state index contributed by atoms with van der Waals surface area (Å²) < 4.78 is 10.5. The fourth-order valence-corrected chi connectivity index (χ4v) is 1.87. The van der Waals surface area contributed by atoms with Crippen LogP contribution in [0.1, 0.15) is 28.5 Å². The molecule has 0 saturated carbocycles. The van der Waals surface area contributed by atoms with Gasteiger partial charge >= 0.3 is 0 Å². The van der Waals surface area contributed by atoms with E-state index in [0.29, 0.717) is 18.1 Å². The molecule has 4 nitrogen and oxygen atoms in total. The van der Waals surface area contributed by atoms with E-state index in [1.807, 2.05) is 30.3 Å². The first-order valence-electron chi connectivity index (χ1n) is 6.91. The van der Waals surface area contributed by atoms with Crippen molar-refractivity contribution in [1.29, 1.82) is 0 Å². The number of Topliss-reactive ketones (excluding diaryl/α,β-unsaturated/α-hetero) is 1. The van der Waals surface area contributed by atoms with Gasteiger partial charge in [-0.25, -0.2) is 0 Å². The fraction of sp³-hybridized carbons (Fsp3) is 0.294. The highest BCUT2D eigenvalue weighted by molar-refractivity contribution is 5.95. The maximum absolute atomic E-state index is 12.0. The average molecular weight is 285 g/mol. The number of ether oxygens (including phenoxy) is 2. The van der Waals surface area contributed by atoms with Gasteiger partial charge in [0.2, 0.25) is 5.78 Å². The monoisotopic (exact) mass is 285 g/mol. The molecule has 1 aromatic carbocycles. The molecular weight excluding hydrogens is 266 g/mol. The third-order valence-corrected chi connectivity index (χ3v) is 3.12. The molecule has 21 heavy (non-hydrogen) atoms. The van der Waals surface area contributed by atoms with Crippen molar-refractivity contribution >= 4 is 5.78 Å². The molecule has 0 bridgehead atoms. The zero-order valence-corrected chi connectivity index (χ0v) is 12.3. The van der Waals surface area contributed by atoms with Crippen LogP contribution >= 0.6 is 0 Å². The van der Waals surface area contributed by atoms with Crippen LogP contribution in [-0.2, 0) is 17.8 Å². The van der Waals surface area contributed by atoms with Crippen LogP contribution in [0.15, 0.2) is 42.6 Å². The highest BCUT2D eigenvalue weighted by Crippen LogP contribution is 2.13. The minimum atomic E-state index is -0.126. The van der Waals surface area contributed by atoms with E-state index in [2.05, 4.69) is 11.9 Å². The lowest BCUT2D eigenvalue weighted by Crippen LogP contribution is -2.13. The quantitative estimate of drug-likeness (QED) is 0.734. The van der Waals surface area contributed by atoms with Crippen LogP contribution in [0.3, 0.4) is 0 Å². The number of aromatic nitrogens is 1. The van der Waals surface area contributed by atoms with E-state index >= 15 is 0 Å². The molecule has 1 aromatic heterocycles. The van der Waals surface area contributed by atoms with Crippen LogP contribution in [0.25, 0.3) is 0 Å². The Balaban J connectivity index is 1.90. The van der Waals surface area contributed by atoms with E-state index in [9.17, 15) is 4.79 Å². The Morgan fingerprint density at radius 3 is 2.38 bits per heavy atom. The zero-order chi connectivity index (χ0) is 15.1. The molecule has 0 fully saturated rings. The van der Waals surface area contributed by atoms with Crippen LogP contribution in [0.5, 0.6) is 5.75 Å². The summed E-state index contributed by atoms with van der Waals surface area (Å²) in [5, 5.41) is 0. The Kier molecular flexibility index (Phi) is 5.46. The first-order chi connectivity index (χ1) is 10.2. The third-order valence-electron chi connectivity index (χ3n) is 3.12. The lowest BCUT2D eigenvalue weighted by molar-refractivity contribution is 0.0916. The van der Waals surface area contributed by atoms with Crippen molar-refractivity contribution in [3.05, 3.63) is 59.4 Å². The molecule has 0 aliphatic carbocycles. The number of carbonyl (C=O) groups is 1. The van der Waals surface area contributed by atoms with E-state index in [0.717, 1.165) is 17.5 Å². The second kappa shape index (κ2) is 7.55. The number of benzene rings is 1. The second-order valence-electron chi connectivity index (χ2n) is 4.69. The van der Waals surface area contributed by atoms with Crippen LogP contribution in [0.4, 0.5) is 0 Å². The first-order valence-corrected chi connectivity index (χ1v) is 6.91. The van der Waals surface area contributed by atoms with E-state index < -0.39 is 0 Å². The van der Waals surface area contributed by atoms with Gasteiger partial charge in [-0.15, -0.1) is 0 Å². The summed E-state index contributed by atoms with van der Waals surface area (Å²) in [6, 6.07) is 11.1. The number of hydrogen-bond acceptors (Lipinski definition) is 4. The molecule has 110 valence electrons. The van der Waals surface area contributed by atoms with Gasteiger partial charge in [-0.3, -0.25) is 9.78 Å². The number of hydrogen-bond donors (Lipinski definition) is 0. The van der Waals surface area contributed by atoms with Crippen molar-refractivity contribution in [2.75, 3.05) is 13.7 Å². The van der Waals surface area contributed by atoms with Crippen molar-refractivity contribution in [2.24, 2.45) is 0 Å². The summed E-state index contributed by atoms with van der Waals surface area (Å²) in [6.45, 7) is 2.60. The first kappa shape index (κ1) is 15.2. The molecule has 0 N–H and O–H groups in total. The maximum atomic E-state index is 12.0. The summed E-state index contributed by atoms with van der Waals surface area (Å²) >= 11 is 0. The Morgan fingerprint density at radius 1 is 1.10 bits per heavy atom. The van der Waals surface area contributed by atoms with Crippen LogP contribution in [0.2, 0.25) is 0 Å². The molecule has 4 heteroatoms. The minimum Gasteiger partial charge on any atom is -0.485 e. The van der Waals surface area contributed by atoms with Gasteiger partial charge in [0.05, 0.1) is 6.61 Å². The summed E-state index contributed by atoms with van der Waals surface area (Å²) in [5.74, 6) is 0.534. The number of rotatable bonds is 7. The van der Waals surface area contributed by atoms with Crippen molar-refractivity contribution in [3.63, 3.8) is 0 Å². The highest BCUT2D eigenvalue weighted by atomic mass is 16.5. The largest absolute Gasteiger partial charge is 0.485 e. The Labute approximate surface area is 124 Å². The van der Waals surface area contributed by atoms with E-state index in [4.69, 9.17) is 9.47 Å². The van der Waals surface area contributed by atoms with Crippen molar-refractivity contribution in [1.82, 2.24) is 4.98 Å². The van der Waals surface area contributed by atoms with E-state index in [1.54, 1.807) is 19.4 Å². The van der Waals surface area contributed by atoms with Gasteiger partial charge in [0, 0.05) is 13.3 Å². The number of carbonyl (C=O) groups excluding carboxylic acids is 1. The van der Waals surface area contributed by atoms with Gasteiger partial charge in [0.15, 0.2) is 6.61 Å². The molecule has 0 aliphatic heterocycles. The van der Waals surface area contributed by atoms with Crippen molar-refractivity contribution in [3.8, 4) is 5.75 Å². The van der Waals surface area contributed by atoms with Crippen LogP contribution in [0, 0.1) is 0 Å². The third kappa shape index (κ3) is 4.39. The molecule has 0 radical (unpaired) electrons. The molecule has 0 spiro atoms. The average Bonchev–Trinajstić information content (AvgIpc) is 2.54. The summed E-state index contributed by atoms with van der Waals surface area (Å²) in [6.07, 6.45) is 2.64. The maximum Gasteiger partial charge on any atom is 0.218 e. The topological polar surface area (TPSA) is 48.4 Å². The molecule has 0 aliphatic rings. The SMILES string of the molecule is CCc1ccc(C(=O)COc2ccc(COC)cc2)nc1. The van der Waals surface area contributed by atoms with Crippen LogP contribution < -0.4 is 4.74 Å². The number of pyridine rings is 1. The minimum absolute atomic E-state index is 0.0118. The molecule has 1 heterocycles. The van der Waals surface area contributed by atoms with Gasteiger partial charge < -0.3 is 9.47 Å². The fourth-order valence-electron chi connectivity index (χ4n) is 1.87. The number of methoxy groups -OCH3 is 1. The van der Waals surface area contributed by atoms with Gasteiger partial charge in [-0.2, -0.15) is 0 Å². The van der Waals surface area contributed by atoms with E-state index in [1.165, 1.54) is 0 Å². The number of ketones is 1. The molecule has 2 aromatic rings. The Hall–Kier alpha value is -2.20. The lowest BCUT2D eigenvalue weighted by atomic mass is 10.2. The number of aryl methyl sites for hydroxylation is 1. The predicted molar refractivity (Wildman–Crippen MR) is 80.6 cm³/mol. The van der Waals surface area contributed by atoms with Crippen LogP contribution in [-0.4, -0.2) is 24.5 Å². The highest BCUT2D eigenvalue weighted by Gasteiger charge is 2.08. The van der Waals surface area contributed by atoms with Gasteiger partial charge in [0.1, 0.15) is 11.4 Å². The smallest absolute Gasteiger partial charge is 0.218 e. The zero-order valence-electron chi connectivity index (χ0n) is 12.3. The summed E-state index contributed by atoms with van der Waals surface area (Å²) in [5.41, 5.74) is 2.61. The van der Waals surface area contributed by atoms with Gasteiger partial charge in [-0.1, -0.05) is 25.1 Å². The van der Waals surface area contributed by atoms with Gasteiger partial charge in [0.25, 0.3) is 0 Å². The number of nitrogens with zero attached hydrogens (tertiary/aromatic N) is 1. The predicted octanol–water partition coefficient (Wildman–Crippen LogP) is 3.05. The standard InChI is InChI=1S/C17H19NO3/c1-3-13-6-9-16(18-10-13)17(19)12-21-15-7-4-14(5-8-15)11-20-2/h4-10H,3,11-12H2,1-2H3.